The van der Waals surface area contributed by atoms with Crippen LogP contribution in [0.5, 0.6) is 5.75 Å². The van der Waals surface area contributed by atoms with E-state index in [1.807, 2.05) is 0 Å². The second-order valence-corrected chi connectivity index (χ2v) is 6.31. The molecule has 0 atom stereocenters. The molecule has 1 saturated heterocycles. The van der Waals surface area contributed by atoms with Crippen molar-refractivity contribution in [1.29, 1.82) is 0 Å². The number of anilines is 1. The van der Waals surface area contributed by atoms with Crippen LogP contribution in [0, 0.1) is 17.7 Å². The third kappa shape index (κ3) is 2.84. The maximum Gasteiger partial charge on any atom is 0.326 e. The van der Waals surface area contributed by atoms with Gasteiger partial charge in [-0.1, -0.05) is 11.8 Å². The molecular weight excluding hydrogens is 339 g/mol. The highest BCUT2D eigenvalue weighted by atomic mass is 32.2. The van der Waals surface area contributed by atoms with Crippen molar-refractivity contribution in [2.75, 3.05) is 10.8 Å². The average molecular weight is 348 g/mol. The molecule has 1 aliphatic rings. The predicted octanol–water partition coefficient (Wildman–Crippen LogP) is -0.0979. The van der Waals surface area contributed by atoms with Gasteiger partial charge in [0.25, 0.3) is 5.91 Å². The van der Waals surface area contributed by atoms with Crippen molar-refractivity contribution < 1.29 is 22.7 Å². The molecule has 24 heavy (non-hydrogen) atoms. The van der Waals surface area contributed by atoms with Crippen molar-refractivity contribution >= 4 is 21.8 Å². The summed E-state index contributed by atoms with van der Waals surface area (Å²) in [6.45, 7) is -0.627. The molecule has 0 spiro atoms. The Morgan fingerprint density at radius 3 is 2.67 bits per heavy atom. The number of amides is 1. The Morgan fingerprint density at radius 2 is 2.04 bits per heavy atom. The zero-order chi connectivity index (χ0) is 17.3. The topological polar surface area (TPSA) is 112 Å². The fraction of sp³-hybridized carbons (Fsp3) is 0.0714. The van der Waals surface area contributed by atoms with E-state index in [2.05, 4.69) is 22.0 Å². The molecule has 2 N–H and O–H groups in total. The number of rotatable bonds is 1. The summed E-state index contributed by atoms with van der Waals surface area (Å²) in [5.74, 6) is 2.67. The molecule has 1 fully saturated rings. The lowest BCUT2D eigenvalue weighted by Gasteiger charge is -2.17. The van der Waals surface area contributed by atoms with Crippen LogP contribution in [-0.2, 0) is 15.0 Å². The number of phenolic OH excluding ortho intramolecular Hbond substituents is 1. The second-order valence-electron chi connectivity index (χ2n) is 4.71. The van der Waals surface area contributed by atoms with E-state index in [-0.39, 0.29) is 5.56 Å². The smallest absolute Gasteiger partial charge is 0.326 e. The molecule has 0 radical (unpaired) electrons. The minimum absolute atomic E-state index is 0.144. The van der Waals surface area contributed by atoms with Gasteiger partial charge in [0.15, 0.2) is 5.82 Å². The van der Waals surface area contributed by atoms with Crippen molar-refractivity contribution in [3.05, 3.63) is 47.5 Å². The first kappa shape index (κ1) is 15.7. The van der Waals surface area contributed by atoms with Crippen LogP contribution in [0.2, 0.25) is 0 Å². The van der Waals surface area contributed by atoms with Gasteiger partial charge in [0.1, 0.15) is 18.0 Å². The molecular formula is C14H9FN4O4S. The zero-order valence-corrected chi connectivity index (χ0v) is 12.7. The highest BCUT2D eigenvalue weighted by Gasteiger charge is 2.37. The normalized spacial score (nSPS) is 15.5. The maximum absolute atomic E-state index is 14.6. The van der Waals surface area contributed by atoms with Gasteiger partial charge >= 0.3 is 10.2 Å². The highest BCUT2D eigenvalue weighted by Crippen LogP contribution is 2.34. The summed E-state index contributed by atoms with van der Waals surface area (Å²) in [5.41, 5.74) is -0.299. The number of nitrogens with zero attached hydrogens (tertiary/aromatic N) is 3. The first-order valence-corrected chi connectivity index (χ1v) is 7.96. The highest BCUT2D eigenvalue weighted by molar-refractivity contribution is 7.92. The average Bonchev–Trinajstić information content (AvgIpc) is 2.80. The zero-order valence-electron chi connectivity index (χ0n) is 11.9. The van der Waals surface area contributed by atoms with Crippen molar-refractivity contribution in [3.63, 3.8) is 0 Å². The number of carbonyl (C=O) groups is 1. The molecule has 1 aromatic heterocycles. The first-order valence-electron chi connectivity index (χ1n) is 6.52. The van der Waals surface area contributed by atoms with Crippen LogP contribution in [0.4, 0.5) is 10.1 Å². The number of carbonyl (C=O) groups excluding carboxylic acids is 1. The lowest BCUT2D eigenvalue weighted by atomic mass is 10.1. The van der Waals surface area contributed by atoms with Crippen LogP contribution in [0.1, 0.15) is 11.1 Å². The maximum atomic E-state index is 14.6. The fourth-order valence-corrected chi connectivity index (χ4v) is 3.20. The standard InChI is InChI=1S/C14H9FN4O4S/c15-13-10(2-1-9-5-6-16-17-7-9)3-4-11(20)14(13)19-8-12(21)18-24(19,22)23/h3-7,20H,8H2,(H,18,21). The molecule has 1 amide bonds. The molecule has 0 bridgehead atoms. The van der Waals surface area contributed by atoms with Gasteiger partial charge in [-0.15, -0.1) is 0 Å². The molecule has 2 aromatic rings. The molecule has 10 heteroatoms. The minimum Gasteiger partial charge on any atom is -0.506 e. The summed E-state index contributed by atoms with van der Waals surface area (Å²) in [5, 5.41) is 17.0. The Kier molecular flexibility index (Phi) is 3.78. The summed E-state index contributed by atoms with van der Waals surface area (Å²) in [4.78, 5) is 11.3. The molecule has 1 aliphatic heterocycles. The van der Waals surface area contributed by atoms with Gasteiger partial charge < -0.3 is 5.11 Å². The number of benzene rings is 1. The first-order chi connectivity index (χ1) is 11.4. The number of aromatic nitrogens is 2. The summed E-state index contributed by atoms with van der Waals surface area (Å²) >= 11 is 0. The van der Waals surface area contributed by atoms with Gasteiger partial charge in [-0.25, -0.2) is 13.4 Å². The third-order valence-electron chi connectivity index (χ3n) is 3.09. The number of halogens is 1. The molecule has 3 rings (SSSR count). The molecule has 0 unspecified atom stereocenters. The van der Waals surface area contributed by atoms with Crippen LogP contribution in [0.25, 0.3) is 0 Å². The lowest BCUT2D eigenvalue weighted by molar-refractivity contribution is -0.117. The summed E-state index contributed by atoms with van der Waals surface area (Å²) in [6, 6.07) is 3.87. The second kappa shape index (κ2) is 5.78. The van der Waals surface area contributed by atoms with Crippen LogP contribution in [0.3, 0.4) is 0 Å². The van der Waals surface area contributed by atoms with E-state index in [9.17, 15) is 22.7 Å². The molecule has 8 nitrogen and oxygen atoms in total. The Hall–Kier alpha value is -3.19. The molecule has 1 aromatic carbocycles. The van der Waals surface area contributed by atoms with E-state index < -0.39 is 39.9 Å². The van der Waals surface area contributed by atoms with Crippen LogP contribution in [-0.4, -0.2) is 36.2 Å². The van der Waals surface area contributed by atoms with Crippen molar-refractivity contribution in [3.8, 4) is 17.6 Å². The van der Waals surface area contributed by atoms with Crippen LogP contribution >= 0.6 is 0 Å². The van der Waals surface area contributed by atoms with Gasteiger partial charge in [-0.3, -0.25) is 4.79 Å². The van der Waals surface area contributed by atoms with Gasteiger partial charge in [-0.05, 0) is 18.2 Å². The van der Waals surface area contributed by atoms with Crippen molar-refractivity contribution in [2.45, 2.75) is 0 Å². The quantitative estimate of drug-likeness (QED) is 0.696. The number of aromatic hydroxyl groups is 1. The Bertz CT molecular complexity index is 983. The van der Waals surface area contributed by atoms with Crippen molar-refractivity contribution in [2.24, 2.45) is 0 Å². The third-order valence-corrected chi connectivity index (χ3v) is 4.47. The van der Waals surface area contributed by atoms with Gasteiger partial charge in [0.2, 0.25) is 0 Å². The molecule has 0 aliphatic carbocycles. The number of phenols is 1. The Labute approximate surface area is 136 Å². The van der Waals surface area contributed by atoms with E-state index >= 15 is 0 Å². The predicted molar refractivity (Wildman–Crippen MR) is 80.5 cm³/mol. The Morgan fingerprint density at radius 1 is 1.25 bits per heavy atom. The largest absolute Gasteiger partial charge is 0.506 e. The van der Waals surface area contributed by atoms with Gasteiger partial charge in [0.05, 0.1) is 18.0 Å². The molecule has 0 saturated carbocycles. The van der Waals surface area contributed by atoms with Gasteiger partial charge in [0, 0.05) is 5.56 Å². The van der Waals surface area contributed by atoms with Crippen LogP contribution < -0.4 is 9.03 Å². The van der Waals surface area contributed by atoms with E-state index in [1.165, 1.54) is 18.5 Å². The summed E-state index contributed by atoms with van der Waals surface area (Å²) < 4.78 is 40.4. The van der Waals surface area contributed by atoms with E-state index in [1.54, 1.807) is 10.8 Å². The fourth-order valence-electron chi connectivity index (χ4n) is 2.04. The minimum atomic E-state index is -4.25. The van der Waals surface area contributed by atoms with Gasteiger partial charge in [-0.2, -0.15) is 18.6 Å². The summed E-state index contributed by atoms with van der Waals surface area (Å²) in [7, 11) is -4.25. The summed E-state index contributed by atoms with van der Waals surface area (Å²) in [6.07, 6.45) is 2.79. The monoisotopic (exact) mass is 348 g/mol. The van der Waals surface area contributed by atoms with E-state index in [0.717, 1.165) is 6.07 Å². The van der Waals surface area contributed by atoms with E-state index in [4.69, 9.17) is 0 Å². The Balaban J connectivity index is 2.07. The SMILES string of the molecule is O=C1CN(c2c(O)ccc(C#Cc3ccnnc3)c2F)S(=O)(=O)N1. The van der Waals surface area contributed by atoms with E-state index in [0.29, 0.717) is 9.87 Å². The van der Waals surface area contributed by atoms with Crippen LogP contribution in [0.15, 0.2) is 30.6 Å². The number of nitrogens with one attached hydrogen (secondary N) is 1. The molecule has 122 valence electrons. The number of hydrogen-bond acceptors (Lipinski definition) is 6. The molecule has 2 heterocycles. The number of hydrogen-bond donors (Lipinski definition) is 2. The van der Waals surface area contributed by atoms with Crippen molar-refractivity contribution in [1.82, 2.24) is 14.9 Å². The lowest BCUT2D eigenvalue weighted by Crippen LogP contribution is -2.30.